The molecule has 0 saturated heterocycles. The van der Waals surface area contributed by atoms with Gasteiger partial charge in [0.25, 0.3) is 5.56 Å². The van der Waals surface area contributed by atoms with Crippen molar-refractivity contribution in [2.45, 2.75) is 19.4 Å². The smallest absolute Gasteiger partial charge is 0.277 e. The highest BCUT2D eigenvalue weighted by Gasteiger charge is 2.08. The predicted molar refractivity (Wildman–Crippen MR) is 103 cm³/mol. The summed E-state index contributed by atoms with van der Waals surface area (Å²) in [4.78, 5) is 29.0. The molecule has 2 heterocycles. The van der Waals surface area contributed by atoms with Crippen molar-refractivity contribution in [3.63, 3.8) is 0 Å². The molecule has 0 aliphatic heterocycles. The molecule has 0 spiro atoms. The van der Waals surface area contributed by atoms with Crippen LogP contribution in [0, 0.1) is 0 Å². The molecule has 1 amide bonds. The molecule has 7 nitrogen and oxygen atoms in total. The van der Waals surface area contributed by atoms with Crippen molar-refractivity contribution in [2.75, 3.05) is 5.32 Å². The molecule has 0 saturated carbocycles. The van der Waals surface area contributed by atoms with Crippen LogP contribution in [0.1, 0.15) is 12.8 Å². The zero-order chi connectivity index (χ0) is 18.6. The van der Waals surface area contributed by atoms with Gasteiger partial charge in [-0.25, -0.2) is 4.68 Å². The van der Waals surface area contributed by atoms with E-state index in [-0.39, 0.29) is 17.9 Å². The molecular weight excluding hydrogens is 342 g/mol. The van der Waals surface area contributed by atoms with Crippen molar-refractivity contribution in [3.8, 4) is 0 Å². The van der Waals surface area contributed by atoms with Crippen LogP contribution in [0.25, 0.3) is 21.8 Å². The van der Waals surface area contributed by atoms with Crippen LogP contribution in [0.5, 0.6) is 0 Å². The van der Waals surface area contributed by atoms with Crippen molar-refractivity contribution >= 4 is 33.4 Å². The molecule has 0 atom stereocenters. The van der Waals surface area contributed by atoms with Gasteiger partial charge in [0.05, 0.1) is 16.6 Å². The molecule has 2 aromatic carbocycles. The zero-order valence-electron chi connectivity index (χ0n) is 14.5. The molecule has 27 heavy (non-hydrogen) atoms. The van der Waals surface area contributed by atoms with Gasteiger partial charge in [-0.15, -0.1) is 5.10 Å². The Morgan fingerprint density at radius 1 is 0.963 bits per heavy atom. The monoisotopic (exact) mass is 359 g/mol. The predicted octanol–water partition coefficient (Wildman–Crippen LogP) is 2.76. The Kier molecular flexibility index (Phi) is 4.57. The summed E-state index contributed by atoms with van der Waals surface area (Å²) in [6, 6.07) is 16.4. The SMILES string of the molecule is O=C(CCCn1nnc2ccccc2c1=O)Nc1cccc2ncccc12. The normalized spacial score (nSPS) is 11.0. The Bertz CT molecular complexity index is 1180. The van der Waals surface area contributed by atoms with Crippen LogP contribution in [-0.2, 0) is 11.3 Å². The number of rotatable bonds is 5. The molecule has 0 aliphatic rings. The zero-order valence-corrected chi connectivity index (χ0v) is 14.5. The van der Waals surface area contributed by atoms with E-state index in [2.05, 4.69) is 20.6 Å². The number of carbonyl (C=O) groups excluding carboxylic acids is 1. The average molecular weight is 359 g/mol. The van der Waals surface area contributed by atoms with Gasteiger partial charge in [-0.1, -0.05) is 23.4 Å². The van der Waals surface area contributed by atoms with E-state index in [1.165, 1.54) is 4.68 Å². The molecular formula is C20H17N5O2. The Morgan fingerprint density at radius 2 is 1.78 bits per heavy atom. The van der Waals surface area contributed by atoms with Gasteiger partial charge in [0, 0.05) is 24.5 Å². The van der Waals surface area contributed by atoms with Gasteiger partial charge in [0.2, 0.25) is 5.91 Å². The number of aromatic nitrogens is 4. The van der Waals surface area contributed by atoms with Gasteiger partial charge in [-0.3, -0.25) is 14.6 Å². The number of nitrogens with one attached hydrogen (secondary N) is 1. The Hall–Kier alpha value is -3.61. The van der Waals surface area contributed by atoms with Gasteiger partial charge in [-0.2, -0.15) is 0 Å². The molecule has 0 bridgehead atoms. The highest BCUT2D eigenvalue weighted by atomic mass is 16.1. The van der Waals surface area contributed by atoms with Crippen molar-refractivity contribution in [2.24, 2.45) is 0 Å². The van der Waals surface area contributed by atoms with E-state index in [4.69, 9.17) is 0 Å². The molecule has 0 unspecified atom stereocenters. The van der Waals surface area contributed by atoms with Gasteiger partial charge >= 0.3 is 0 Å². The molecule has 4 aromatic rings. The maximum atomic E-state index is 12.4. The summed E-state index contributed by atoms with van der Waals surface area (Å²) in [7, 11) is 0. The second kappa shape index (κ2) is 7.33. The van der Waals surface area contributed by atoms with Crippen molar-refractivity contribution in [1.82, 2.24) is 20.0 Å². The molecule has 4 rings (SSSR count). The fraction of sp³-hybridized carbons (Fsp3) is 0.150. The van der Waals surface area contributed by atoms with E-state index >= 15 is 0 Å². The lowest BCUT2D eigenvalue weighted by Gasteiger charge is -2.08. The third kappa shape index (κ3) is 3.52. The molecule has 0 radical (unpaired) electrons. The highest BCUT2D eigenvalue weighted by molar-refractivity contribution is 6.00. The number of nitrogens with zero attached hydrogens (tertiary/aromatic N) is 4. The molecule has 134 valence electrons. The van der Waals surface area contributed by atoms with Crippen LogP contribution >= 0.6 is 0 Å². The summed E-state index contributed by atoms with van der Waals surface area (Å²) in [5.41, 5.74) is 1.93. The standard InChI is InChI=1S/C20H17N5O2/c26-19(22-17-10-3-9-16-14(17)7-4-12-21-16)11-5-13-25-20(27)15-6-1-2-8-18(15)23-24-25/h1-4,6-10,12H,5,11,13H2,(H,22,26). The van der Waals surface area contributed by atoms with Crippen LogP contribution in [-0.4, -0.2) is 25.9 Å². The van der Waals surface area contributed by atoms with Gasteiger partial charge in [0.15, 0.2) is 0 Å². The largest absolute Gasteiger partial charge is 0.325 e. The number of hydrogen-bond acceptors (Lipinski definition) is 5. The summed E-state index contributed by atoms with van der Waals surface area (Å²) in [5.74, 6) is -0.117. The number of amides is 1. The fourth-order valence-electron chi connectivity index (χ4n) is 2.98. The van der Waals surface area contributed by atoms with E-state index in [9.17, 15) is 9.59 Å². The summed E-state index contributed by atoms with van der Waals surface area (Å²) in [5, 5.41) is 12.3. The number of carbonyl (C=O) groups is 1. The summed E-state index contributed by atoms with van der Waals surface area (Å²) < 4.78 is 1.30. The van der Waals surface area contributed by atoms with Gasteiger partial charge in [0.1, 0.15) is 5.52 Å². The Balaban J connectivity index is 1.41. The van der Waals surface area contributed by atoms with Gasteiger partial charge < -0.3 is 5.32 Å². The van der Waals surface area contributed by atoms with Gasteiger partial charge in [-0.05, 0) is 42.8 Å². The fourth-order valence-corrected chi connectivity index (χ4v) is 2.98. The van der Waals surface area contributed by atoms with E-state index in [1.54, 1.807) is 24.4 Å². The number of aryl methyl sites for hydroxylation is 1. The minimum Gasteiger partial charge on any atom is -0.325 e. The van der Waals surface area contributed by atoms with E-state index in [1.807, 2.05) is 36.4 Å². The minimum atomic E-state index is -0.193. The lowest BCUT2D eigenvalue weighted by atomic mass is 10.1. The van der Waals surface area contributed by atoms with E-state index in [0.29, 0.717) is 23.9 Å². The number of fused-ring (bicyclic) bond motifs is 2. The van der Waals surface area contributed by atoms with Crippen LogP contribution < -0.4 is 10.9 Å². The maximum Gasteiger partial charge on any atom is 0.277 e. The maximum absolute atomic E-state index is 12.4. The molecule has 0 fully saturated rings. The molecule has 2 aromatic heterocycles. The summed E-state index contributed by atoms with van der Waals surface area (Å²) in [6.07, 6.45) is 2.48. The summed E-state index contributed by atoms with van der Waals surface area (Å²) in [6.45, 7) is 0.335. The molecule has 1 N–H and O–H groups in total. The third-order valence-corrected chi connectivity index (χ3v) is 4.32. The summed E-state index contributed by atoms with van der Waals surface area (Å²) >= 11 is 0. The number of hydrogen-bond donors (Lipinski definition) is 1. The molecule has 7 heteroatoms. The first-order chi connectivity index (χ1) is 13.2. The van der Waals surface area contributed by atoms with E-state index < -0.39 is 0 Å². The second-order valence-electron chi connectivity index (χ2n) is 6.16. The van der Waals surface area contributed by atoms with E-state index in [0.717, 1.165) is 16.6 Å². The number of benzene rings is 2. The highest BCUT2D eigenvalue weighted by Crippen LogP contribution is 2.21. The first kappa shape index (κ1) is 16.8. The van der Waals surface area contributed by atoms with Crippen LogP contribution in [0.15, 0.2) is 65.6 Å². The minimum absolute atomic E-state index is 0.117. The third-order valence-electron chi connectivity index (χ3n) is 4.32. The number of anilines is 1. The van der Waals surface area contributed by atoms with Crippen LogP contribution in [0.2, 0.25) is 0 Å². The second-order valence-corrected chi connectivity index (χ2v) is 6.16. The lowest BCUT2D eigenvalue weighted by Crippen LogP contribution is -2.25. The first-order valence-electron chi connectivity index (χ1n) is 8.68. The first-order valence-corrected chi connectivity index (χ1v) is 8.68. The number of pyridine rings is 1. The van der Waals surface area contributed by atoms with Crippen LogP contribution in [0.3, 0.4) is 0 Å². The topological polar surface area (TPSA) is 89.8 Å². The Morgan fingerprint density at radius 3 is 2.70 bits per heavy atom. The van der Waals surface area contributed by atoms with Crippen molar-refractivity contribution in [3.05, 3.63) is 71.1 Å². The van der Waals surface area contributed by atoms with Crippen LogP contribution in [0.4, 0.5) is 5.69 Å². The lowest BCUT2D eigenvalue weighted by molar-refractivity contribution is -0.116. The van der Waals surface area contributed by atoms with Crippen molar-refractivity contribution < 1.29 is 4.79 Å². The quantitative estimate of drug-likeness (QED) is 0.592. The Labute approximate surface area is 154 Å². The molecule has 0 aliphatic carbocycles. The van der Waals surface area contributed by atoms with Crippen molar-refractivity contribution in [1.29, 1.82) is 0 Å². The average Bonchev–Trinajstić information content (AvgIpc) is 2.70.